The molecule has 1 aromatic rings. The van der Waals surface area contributed by atoms with Crippen LogP contribution in [0.25, 0.3) is 0 Å². The van der Waals surface area contributed by atoms with E-state index in [4.69, 9.17) is 0 Å². The summed E-state index contributed by atoms with van der Waals surface area (Å²) in [7, 11) is 0. The van der Waals surface area contributed by atoms with Crippen LogP contribution in [0.3, 0.4) is 0 Å². The molecule has 1 aromatic heterocycles. The van der Waals surface area contributed by atoms with Gasteiger partial charge in [-0.25, -0.2) is 4.37 Å². The lowest BCUT2D eigenvalue weighted by atomic mass is 10.3. The molecule has 134 valence electrons. The summed E-state index contributed by atoms with van der Waals surface area (Å²) >= 11 is 6.73. The molecule has 4 N–H and O–H groups in total. The molecule has 7 nitrogen and oxygen atoms in total. The number of hydrogen-bond donors (Lipinski definition) is 5. The maximum Gasteiger partial charge on any atom is 0.260 e. The third kappa shape index (κ3) is 8.04. The summed E-state index contributed by atoms with van der Waals surface area (Å²) in [5.74, 6) is -0.385. The van der Waals surface area contributed by atoms with Crippen LogP contribution in [0.2, 0.25) is 0 Å². The SMILES string of the molecule is CCN/C=C(\SNCC(S)NC(=O)c1cnsc1)C(=O)NC(C)C. The molecule has 0 fully saturated rings. The van der Waals surface area contributed by atoms with Crippen LogP contribution < -0.4 is 20.7 Å². The van der Waals surface area contributed by atoms with Crippen LogP contribution in [-0.4, -0.2) is 40.7 Å². The Kier molecular flexibility index (Phi) is 9.84. The maximum absolute atomic E-state index is 12.1. The fourth-order valence-electron chi connectivity index (χ4n) is 1.47. The Balaban J connectivity index is 2.43. The molecule has 0 spiro atoms. The number of aromatic nitrogens is 1. The molecule has 0 aliphatic rings. The average molecular weight is 390 g/mol. The summed E-state index contributed by atoms with van der Waals surface area (Å²) in [4.78, 5) is 24.5. The van der Waals surface area contributed by atoms with E-state index in [9.17, 15) is 9.59 Å². The zero-order valence-electron chi connectivity index (χ0n) is 13.8. The second-order valence-corrected chi connectivity index (χ2v) is 7.26. The van der Waals surface area contributed by atoms with Gasteiger partial charge in [0.2, 0.25) is 0 Å². The number of carbonyl (C=O) groups excluding carboxylic acids is 2. The third-order valence-electron chi connectivity index (χ3n) is 2.53. The van der Waals surface area contributed by atoms with Crippen LogP contribution in [-0.2, 0) is 4.79 Å². The van der Waals surface area contributed by atoms with Crippen molar-refractivity contribution in [2.45, 2.75) is 32.2 Å². The molecule has 1 rings (SSSR count). The normalized spacial score (nSPS) is 12.8. The second-order valence-electron chi connectivity index (χ2n) is 5.05. The van der Waals surface area contributed by atoms with Crippen molar-refractivity contribution in [2.24, 2.45) is 0 Å². The first-order chi connectivity index (χ1) is 11.4. The molecule has 0 saturated carbocycles. The Labute approximate surface area is 156 Å². The lowest BCUT2D eigenvalue weighted by molar-refractivity contribution is -0.117. The van der Waals surface area contributed by atoms with Crippen molar-refractivity contribution in [3.63, 3.8) is 0 Å². The third-order valence-corrected chi connectivity index (χ3v) is 4.26. The number of carbonyl (C=O) groups is 2. The number of nitrogens with one attached hydrogen (secondary N) is 4. The molecule has 0 aliphatic heterocycles. The van der Waals surface area contributed by atoms with E-state index in [0.717, 1.165) is 6.54 Å². The maximum atomic E-state index is 12.1. The molecular formula is C14H23N5O2S3. The van der Waals surface area contributed by atoms with E-state index in [-0.39, 0.29) is 17.9 Å². The van der Waals surface area contributed by atoms with Crippen molar-refractivity contribution < 1.29 is 9.59 Å². The molecule has 2 amide bonds. The molecule has 0 saturated heterocycles. The number of rotatable bonds is 10. The van der Waals surface area contributed by atoms with Gasteiger partial charge < -0.3 is 16.0 Å². The topological polar surface area (TPSA) is 95.2 Å². The smallest absolute Gasteiger partial charge is 0.260 e. The highest BCUT2D eigenvalue weighted by atomic mass is 32.2. The van der Waals surface area contributed by atoms with E-state index in [1.807, 2.05) is 20.8 Å². The fourth-order valence-corrected chi connectivity index (χ4v) is 3.02. The number of nitrogens with zero attached hydrogens (tertiary/aromatic N) is 1. The zero-order valence-corrected chi connectivity index (χ0v) is 16.4. The number of thiol groups is 1. The highest BCUT2D eigenvalue weighted by Crippen LogP contribution is 2.12. The predicted octanol–water partition coefficient (Wildman–Crippen LogP) is 1.34. The first kappa shape index (κ1) is 20.8. The van der Waals surface area contributed by atoms with E-state index in [2.05, 4.69) is 37.7 Å². The van der Waals surface area contributed by atoms with Crippen LogP contribution in [0.5, 0.6) is 0 Å². The van der Waals surface area contributed by atoms with Gasteiger partial charge in [-0.2, -0.15) is 12.6 Å². The predicted molar refractivity (Wildman–Crippen MR) is 103 cm³/mol. The fraction of sp³-hybridized carbons (Fsp3) is 0.500. The summed E-state index contributed by atoms with van der Waals surface area (Å²) in [6.45, 7) is 6.86. The van der Waals surface area contributed by atoms with Crippen LogP contribution in [0.15, 0.2) is 22.7 Å². The average Bonchev–Trinajstić information content (AvgIpc) is 3.04. The van der Waals surface area contributed by atoms with Gasteiger partial charge in [0, 0.05) is 30.7 Å². The number of hydrogen-bond acceptors (Lipinski definition) is 8. The summed E-state index contributed by atoms with van der Waals surface area (Å²) in [5.41, 5.74) is 0.510. The quantitative estimate of drug-likeness (QED) is 0.179. The van der Waals surface area contributed by atoms with Crippen LogP contribution in [0, 0.1) is 0 Å². The zero-order chi connectivity index (χ0) is 17.9. The molecule has 24 heavy (non-hydrogen) atoms. The van der Waals surface area contributed by atoms with Crippen molar-refractivity contribution in [1.29, 1.82) is 0 Å². The molecule has 10 heteroatoms. The monoisotopic (exact) mass is 389 g/mol. The van der Waals surface area contributed by atoms with Crippen molar-refractivity contribution >= 4 is 47.9 Å². The van der Waals surface area contributed by atoms with Gasteiger partial charge >= 0.3 is 0 Å². The van der Waals surface area contributed by atoms with Crippen molar-refractivity contribution in [3.8, 4) is 0 Å². The standard InChI is InChI=1S/C14H23N5O2S3/c1-4-15-6-11(14(21)18-9(2)3)24-17-7-12(22)19-13(20)10-5-16-23-8-10/h5-6,8-9,12,15,17,22H,4,7H2,1-3H3,(H,18,21)(H,19,20)/b11-6-. The largest absolute Gasteiger partial charge is 0.390 e. The van der Waals surface area contributed by atoms with Crippen LogP contribution >= 0.6 is 36.1 Å². The first-order valence-electron chi connectivity index (χ1n) is 7.46. The molecule has 0 aromatic carbocycles. The van der Waals surface area contributed by atoms with E-state index in [1.165, 1.54) is 29.7 Å². The van der Waals surface area contributed by atoms with E-state index in [0.29, 0.717) is 17.0 Å². The minimum absolute atomic E-state index is 0.0549. The van der Waals surface area contributed by atoms with Crippen LogP contribution in [0.1, 0.15) is 31.1 Å². The molecule has 1 heterocycles. The van der Waals surface area contributed by atoms with Gasteiger partial charge in [-0.15, -0.1) is 0 Å². The van der Waals surface area contributed by atoms with E-state index >= 15 is 0 Å². The van der Waals surface area contributed by atoms with Gasteiger partial charge in [-0.1, -0.05) is 0 Å². The van der Waals surface area contributed by atoms with Crippen molar-refractivity contribution in [2.75, 3.05) is 13.1 Å². The summed E-state index contributed by atoms with van der Waals surface area (Å²) in [5, 5.41) is 9.87. The molecule has 0 bridgehead atoms. The van der Waals surface area contributed by atoms with E-state index < -0.39 is 5.37 Å². The molecule has 1 atom stereocenters. The summed E-state index contributed by atoms with van der Waals surface area (Å²) < 4.78 is 6.93. The Hall–Kier alpha value is -1.23. The number of amides is 2. The van der Waals surface area contributed by atoms with Gasteiger partial charge in [0.05, 0.1) is 17.1 Å². The van der Waals surface area contributed by atoms with Crippen molar-refractivity contribution in [3.05, 3.63) is 28.2 Å². The summed E-state index contributed by atoms with van der Waals surface area (Å²) in [6.07, 6.45) is 3.18. The van der Waals surface area contributed by atoms with Gasteiger partial charge in [0.1, 0.15) is 4.91 Å². The highest BCUT2D eigenvalue weighted by Gasteiger charge is 2.14. The lowest BCUT2D eigenvalue weighted by Gasteiger charge is -2.15. The Morgan fingerprint density at radius 2 is 2.17 bits per heavy atom. The second kappa shape index (κ2) is 11.3. The van der Waals surface area contributed by atoms with Gasteiger partial charge in [-0.3, -0.25) is 14.3 Å². The summed E-state index contributed by atoms with van der Waals surface area (Å²) in [6, 6.07) is 0.0549. The van der Waals surface area contributed by atoms with Gasteiger partial charge in [0.25, 0.3) is 11.8 Å². The first-order valence-corrected chi connectivity index (χ1v) is 9.63. The van der Waals surface area contributed by atoms with Gasteiger partial charge in [0.15, 0.2) is 0 Å². The minimum Gasteiger partial charge on any atom is -0.390 e. The highest BCUT2D eigenvalue weighted by molar-refractivity contribution is 8.02. The van der Waals surface area contributed by atoms with E-state index in [1.54, 1.807) is 11.6 Å². The molecule has 0 aliphatic carbocycles. The van der Waals surface area contributed by atoms with Crippen LogP contribution in [0.4, 0.5) is 0 Å². The Bertz CT molecular complexity index is 549. The van der Waals surface area contributed by atoms with Gasteiger partial charge in [-0.05, 0) is 44.3 Å². The molecular weight excluding hydrogens is 366 g/mol. The molecule has 0 radical (unpaired) electrons. The Morgan fingerprint density at radius 3 is 2.75 bits per heavy atom. The lowest BCUT2D eigenvalue weighted by Crippen LogP contribution is -2.37. The minimum atomic E-state index is -0.390. The molecule has 1 unspecified atom stereocenters. The Morgan fingerprint density at radius 1 is 1.42 bits per heavy atom. The van der Waals surface area contributed by atoms with Crippen molar-refractivity contribution in [1.82, 2.24) is 25.0 Å².